The fraction of sp³-hybridized carbons (Fsp3) is 0.385. The summed E-state index contributed by atoms with van der Waals surface area (Å²) in [5.41, 5.74) is 12.2. The van der Waals surface area contributed by atoms with E-state index >= 15 is 0 Å². The van der Waals surface area contributed by atoms with Crippen LogP contribution in [0.5, 0.6) is 0 Å². The minimum atomic E-state index is -0.487. The summed E-state index contributed by atoms with van der Waals surface area (Å²) in [7, 11) is 0. The lowest BCUT2D eigenvalue weighted by molar-refractivity contribution is -0.138. The van der Waals surface area contributed by atoms with Crippen molar-refractivity contribution in [1.29, 1.82) is 0 Å². The van der Waals surface area contributed by atoms with Crippen molar-refractivity contribution in [3.05, 3.63) is 47.5 Å². The Hall–Kier alpha value is -4.12. The summed E-state index contributed by atoms with van der Waals surface area (Å²) < 4.78 is 1.51. The number of ketones is 1. The van der Waals surface area contributed by atoms with Crippen LogP contribution in [0.1, 0.15) is 60.3 Å². The average Bonchev–Trinajstić information content (AvgIpc) is 3.59. The topological polar surface area (TPSA) is 155 Å². The number of nitrogens with zero attached hydrogens (tertiary/aromatic N) is 6. The Morgan fingerprint density at radius 2 is 1.92 bits per heavy atom. The SMILES string of the molecule is CC(=O)c1c([C@@H]2CC3CC[C@@H](C2)N3C(=O)CO)nc2c(-c3ccc(-c4cc(C)[nH]n4)nc3)cnn2c1N. The lowest BCUT2D eigenvalue weighted by Gasteiger charge is -2.39. The maximum atomic E-state index is 12.7. The molecular formula is C26H28N8O3. The van der Waals surface area contributed by atoms with Crippen LogP contribution >= 0.6 is 0 Å². The number of Topliss-reactive ketones (excluding diaryl/α,β-unsaturated/α-hetero) is 1. The predicted octanol–water partition coefficient (Wildman–Crippen LogP) is 2.50. The Kier molecular flexibility index (Phi) is 5.52. The van der Waals surface area contributed by atoms with E-state index in [-0.39, 0.29) is 35.5 Å². The van der Waals surface area contributed by atoms with Crippen molar-refractivity contribution in [2.45, 2.75) is 57.5 Å². The van der Waals surface area contributed by atoms with Crippen LogP contribution in [0.25, 0.3) is 28.2 Å². The Labute approximate surface area is 212 Å². The van der Waals surface area contributed by atoms with Crippen LogP contribution < -0.4 is 5.73 Å². The van der Waals surface area contributed by atoms with Gasteiger partial charge >= 0.3 is 0 Å². The smallest absolute Gasteiger partial charge is 0.248 e. The number of aliphatic hydroxyl groups is 1. The molecule has 0 radical (unpaired) electrons. The van der Waals surface area contributed by atoms with Gasteiger partial charge in [0.05, 0.1) is 23.1 Å². The first-order chi connectivity index (χ1) is 17.9. The number of carbonyl (C=O) groups is 2. The molecular weight excluding hydrogens is 472 g/mol. The van der Waals surface area contributed by atoms with Gasteiger partial charge in [-0.05, 0) is 51.7 Å². The van der Waals surface area contributed by atoms with Gasteiger partial charge in [0.15, 0.2) is 11.4 Å². The first-order valence-corrected chi connectivity index (χ1v) is 12.4. The van der Waals surface area contributed by atoms with Crippen molar-refractivity contribution in [3.63, 3.8) is 0 Å². The van der Waals surface area contributed by atoms with Gasteiger partial charge in [-0.2, -0.15) is 14.7 Å². The molecule has 0 aromatic carbocycles. The van der Waals surface area contributed by atoms with Crippen LogP contribution in [0.3, 0.4) is 0 Å². The van der Waals surface area contributed by atoms with Crippen molar-refractivity contribution in [1.82, 2.24) is 34.7 Å². The molecule has 3 atom stereocenters. The monoisotopic (exact) mass is 500 g/mol. The second kappa shape index (κ2) is 8.77. The number of amides is 1. The number of rotatable bonds is 5. The van der Waals surface area contributed by atoms with Gasteiger partial charge in [-0.3, -0.25) is 19.7 Å². The zero-order valence-corrected chi connectivity index (χ0v) is 20.7. The Bertz CT molecular complexity index is 1510. The van der Waals surface area contributed by atoms with Gasteiger partial charge in [0.1, 0.15) is 18.1 Å². The number of aliphatic hydroxyl groups excluding tert-OH is 1. The number of nitrogen functional groups attached to an aromatic ring is 1. The normalized spacial score (nSPS) is 21.1. The molecule has 0 spiro atoms. The molecule has 1 unspecified atom stereocenters. The van der Waals surface area contributed by atoms with E-state index in [0.29, 0.717) is 29.7 Å². The van der Waals surface area contributed by atoms with Crippen LogP contribution in [0.15, 0.2) is 30.6 Å². The molecule has 4 N–H and O–H groups in total. The number of pyridine rings is 1. The van der Waals surface area contributed by atoms with Crippen LogP contribution in [0.4, 0.5) is 5.82 Å². The Morgan fingerprint density at radius 1 is 1.16 bits per heavy atom. The summed E-state index contributed by atoms with van der Waals surface area (Å²) in [6, 6.07) is 5.82. The number of nitrogens with two attached hydrogens (primary N) is 1. The molecule has 0 saturated carbocycles. The third kappa shape index (κ3) is 3.77. The van der Waals surface area contributed by atoms with E-state index < -0.39 is 6.61 Å². The standard InChI is InChI=1S/C26H28N8O3/c1-13-7-21(32-31-13)20-6-3-15(10-28-20)19-11-29-34-25(27)23(14(2)36)24(30-26(19)34)16-8-17-4-5-18(9-16)33(17)22(37)12-35/h3,6-7,10-11,16-18,35H,4-5,8-9,12,27H2,1-2H3,(H,31,32)/t16-,17-,18?/m0/s1. The molecule has 11 heteroatoms. The van der Waals surface area contributed by atoms with Crippen LogP contribution in [-0.4, -0.2) is 70.2 Å². The molecule has 6 heterocycles. The minimum Gasteiger partial charge on any atom is -0.387 e. The number of aryl methyl sites for hydroxylation is 1. The maximum absolute atomic E-state index is 12.7. The van der Waals surface area contributed by atoms with Gasteiger partial charge in [0.25, 0.3) is 0 Å². The highest BCUT2D eigenvalue weighted by Crippen LogP contribution is 2.44. The first kappa shape index (κ1) is 23.3. The largest absolute Gasteiger partial charge is 0.387 e. The number of hydrogen-bond acceptors (Lipinski definition) is 8. The van der Waals surface area contributed by atoms with E-state index in [4.69, 9.17) is 10.7 Å². The van der Waals surface area contributed by atoms with Crippen molar-refractivity contribution in [3.8, 4) is 22.5 Å². The zero-order chi connectivity index (χ0) is 25.8. The summed E-state index contributed by atoms with van der Waals surface area (Å²) in [6.07, 6.45) is 6.55. The molecule has 37 heavy (non-hydrogen) atoms. The molecule has 2 aliphatic heterocycles. The highest BCUT2D eigenvalue weighted by molar-refractivity contribution is 6.00. The van der Waals surface area contributed by atoms with E-state index in [1.165, 1.54) is 11.4 Å². The molecule has 2 fully saturated rings. The highest BCUT2D eigenvalue weighted by atomic mass is 16.3. The number of anilines is 1. The maximum Gasteiger partial charge on any atom is 0.248 e. The van der Waals surface area contributed by atoms with Crippen LogP contribution in [0, 0.1) is 6.92 Å². The van der Waals surface area contributed by atoms with Gasteiger partial charge in [0.2, 0.25) is 5.91 Å². The number of carbonyl (C=O) groups excluding carboxylic acids is 2. The lowest BCUT2D eigenvalue weighted by Crippen LogP contribution is -2.47. The van der Waals surface area contributed by atoms with E-state index in [0.717, 1.165) is 41.1 Å². The van der Waals surface area contributed by atoms with Gasteiger partial charge < -0.3 is 15.7 Å². The number of aromatic amines is 1. The van der Waals surface area contributed by atoms with Crippen molar-refractivity contribution < 1.29 is 14.7 Å². The predicted molar refractivity (Wildman–Crippen MR) is 136 cm³/mol. The Morgan fingerprint density at radius 3 is 2.51 bits per heavy atom. The Balaban J connectivity index is 1.41. The van der Waals surface area contributed by atoms with Crippen LogP contribution in [-0.2, 0) is 4.79 Å². The number of hydrogen-bond donors (Lipinski definition) is 3. The number of H-pyrrole nitrogens is 1. The van der Waals surface area contributed by atoms with Crippen LogP contribution in [0.2, 0.25) is 0 Å². The van der Waals surface area contributed by atoms with Crippen molar-refractivity contribution in [2.24, 2.45) is 0 Å². The van der Waals surface area contributed by atoms with Crippen molar-refractivity contribution >= 4 is 23.2 Å². The molecule has 0 aliphatic carbocycles. The number of aromatic nitrogens is 6. The van der Waals surface area contributed by atoms with E-state index in [2.05, 4.69) is 20.3 Å². The number of nitrogens with one attached hydrogen (secondary N) is 1. The van der Waals surface area contributed by atoms with Crippen molar-refractivity contribution in [2.75, 3.05) is 12.3 Å². The van der Waals surface area contributed by atoms with Gasteiger partial charge in [-0.15, -0.1) is 0 Å². The van der Waals surface area contributed by atoms with Gasteiger partial charge in [0, 0.05) is 41.0 Å². The highest BCUT2D eigenvalue weighted by Gasteiger charge is 2.44. The summed E-state index contributed by atoms with van der Waals surface area (Å²) in [4.78, 5) is 36.5. The van der Waals surface area contributed by atoms with E-state index in [1.807, 2.05) is 30.0 Å². The fourth-order valence-electron chi connectivity index (χ4n) is 6.04. The second-order valence-corrected chi connectivity index (χ2v) is 9.99. The number of piperidine rings is 1. The molecule has 2 saturated heterocycles. The van der Waals surface area contributed by atoms with E-state index in [1.54, 1.807) is 12.4 Å². The molecule has 1 amide bonds. The van der Waals surface area contributed by atoms with Gasteiger partial charge in [-0.1, -0.05) is 6.07 Å². The average molecular weight is 501 g/mol. The van der Waals surface area contributed by atoms with Gasteiger partial charge in [-0.25, -0.2) is 4.98 Å². The lowest BCUT2D eigenvalue weighted by atomic mass is 9.85. The summed E-state index contributed by atoms with van der Waals surface area (Å²) in [5.74, 6) is -0.172. The molecule has 11 nitrogen and oxygen atoms in total. The quantitative estimate of drug-likeness (QED) is 0.353. The molecule has 2 aliphatic rings. The summed E-state index contributed by atoms with van der Waals surface area (Å²) in [6.45, 7) is 2.94. The number of fused-ring (bicyclic) bond motifs is 3. The van der Waals surface area contributed by atoms with E-state index in [9.17, 15) is 14.7 Å². The molecule has 2 bridgehead atoms. The third-order valence-electron chi connectivity index (χ3n) is 7.65. The summed E-state index contributed by atoms with van der Waals surface area (Å²) >= 11 is 0. The molecule has 4 aromatic heterocycles. The second-order valence-electron chi connectivity index (χ2n) is 9.99. The summed E-state index contributed by atoms with van der Waals surface area (Å²) in [5, 5.41) is 21.1. The fourth-order valence-corrected chi connectivity index (χ4v) is 6.04. The molecule has 4 aromatic rings. The molecule has 6 rings (SSSR count). The zero-order valence-electron chi connectivity index (χ0n) is 20.7. The first-order valence-electron chi connectivity index (χ1n) is 12.4. The minimum absolute atomic E-state index is 0.0225. The third-order valence-corrected chi connectivity index (χ3v) is 7.65. The molecule has 190 valence electrons.